The lowest BCUT2D eigenvalue weighted by Crippen LogP contribution is -2.61. The Morgan fingerprint density at radius 3 is 1.31 bits per heavy atom. The summed E-state index contributed by atoms with van der Waals surface area (Å²) in [5, 5.41) is 15.9. The van der Waals surface area contributed by atoms with E-state index in [-0.39, 0.29) is 6.92 Å². The van der Waals surface area contributed by atoms with Crippen molar-refractivity contribution in [3.8, 4) is 0 Å². The van der Waals surface area contributed by atoms with E-state index in [9.17, 15) is 26.3 Å². The van der Waals surface area contributed by atoms with Crippen LogP contribution in [-0.2, 0) is 0 Å². The monoisotopic (exact) mass is 212 g/mol. The summed E-state index contributed by atoms with van der Waals surface area (Å²) < 4.78 is 71.2. The van der Waals surface area contributed by atoms with Crippen molar-refractivity contribution in [2.75, 3.05) is 0 Å². The topological polar surface area (TPSA) is 40.5 Å². The molecule has 0 fully saturated rings. The third-order valence-electron chi connectivity index (χ3n) is 1.43. The Kier molecular flexibility index (Phi) is 2.90. The molecule has 0 aromatic heterocycles. The lowest BCUT2D eigenvalue weighted by molar-refractivity contribution is -0.387. The Morgan fingerprint density at radius 1 is 1.00 bits per heavy atom. The average Bonchev–Trinajstić information content (AvgIpc) is 1.80. The van der Waals surface area contributed by atoms with Gasteiger partial charge in [-0.1, -0.05) is 0 Å². The maximum Gasteiger partial charge on any atom is 0.433 e. The molecule has 0 aliphatic heterocycles. The van der Waals surface area contributed by atoms with Crippen molar-refractivity contribution in [2.45, 2.75) is 31.0 Å². The van der Waals surface area contributed by atoms with Crippen LogP contribution in [0.4, 0.5) is 26.3 Å². The summed E-state index contributed by atoms with van der Waals surface area (Å²) in [4.78, 5) is 0. The van der Waals surface area contributed by atoms with E-state index in [1.807, 2.05) is 0 Å². The SMILES string of the molecule is CC(O)C(F)(C(O)(F)F)C(F)(F)F. The molecular weight excluding hydrogens is 206 g/mol. The summed E-state index contributed by atoms with van der Waals surface area (Å²) >= 11 is 0. The second-order valence-corrected chi connectivity index (χ2v) is 2.43. The van der Waals surface area contributed by atoms with Gasteiger partial charge in [0, 0.05) is 0 Å². The van der Waals surface area contributed by atoms with Gasteiger partial charge in [-0.15, -0.1) is 0 Å². The number of aliphatic hydroxyl groups excluding tert-OH is 1. The molecule has 0 spiro atoms. The Hall–Kier alpha value is -0.500. The summed E-state index contributed by atoms with van der Waals surface area (Å²) in [6.07, 6.45) is -14.8. The molecule has 0 radical (unpaired) electrons. The van der Waals surface area contributed by atoms with Gasteiger partial charge in [-0.05, 0) is 6.92 Å². The van der Waals surface area contributed by atoms with Crippen molar-refractivity contribution in [1.82, 2.24) is 0 Å². The standard InChI is InChI=1S/C5H6F6O2/c1-2(12)3(6,4(7,8)9)5(10,11)13/h2,12-13H,1H3. The Labute approximate surface area is 68.8 Å². The number of halogens is 6. The maximum absolute atomic E-state index is 12.6. The molecule has 0 saturated heterocycles. The fourth-order valence-electron chi connectivity index (χ4n) is 0.659. The van der Waals surface area contributed by atoms with Crippen molar-refractivity contribution in [2.24, 2.45) is 0 Å². The molecule has 8 heteroatoms. The average molecular weight is 212 g/mol. The van der Waals surface area contributed by atoms with Crippen LogP contribution in [0.2, 0.25) is 0 Å². The first-order chi connectivity index (χ1) is 5.44. The van der Waals surface area contributed by atoms with Crippen molar-refractivity contribution in [3.63, 3.8) is 0 Å². The summed E-state index contributed by atoms with van der Waals surface area (Å²) in [6, 6.07) is 0. The van der Waals surface area contributed by atoms with Crippen molar-refractivity contribution in [3.05, 3.63) is 0 Å². The van der Waals surface area contributed by atoms with Gasteiger partial charge < -0.3 is 10.2 Å². The van der Waals surface area contributed by atoms with E-state index in [0.29, 0.717) is 0 Å². The van der Waals surface area contributed by atoms with Gasteiger partial charge in [-0.3, -0.25) is 0 Å². The van der Waals surface area contributed by atoms with E-state index in [1.165, 1.54) is 0 Å². The van der Waals surface area contributed by atoms with Gasteiger partial charge in [-0.2, -0.15) is 22.0 Å². The molecule has 2 N–H and O–H groups in total. The summed E-state index contributed by atoms with van der Waals surface area (Å²) in [5.41, 5.74) is -5.35. The van der Waals surface area contributed by atoms with Crippen LogP contribution in [0.5, 0.6) is 0 Å². The van der Waals surface area contributed by atoms with Gasteiger partial charge in [0.25, 0.3) is 0 Å². The number of rotatable bonds is 2. The molecule has 0 aliphatic carbocycles. The van der Waals surface area contributed by atoms with Crippen LogP contribution in [0.15, 0.2) is 0 Å². The minimum Gasteiger partial charge on any atom is -0.389 e. The first kappa shape index (κ1) is 12.5. The third kappa shape index (κ3) is 1.88. The van der Waals surface area contributed by atoms with Crippen LogP contribution in [0.25, 0.3) is 0 Å². The normalized spacial score (nSPS) is 21.0. The number of alkyl halides is 6. The van der Waals surface area contributed by atoms with E-state index in [1.54, 1.807) is 0 Å². The van der Waals surface area contributed by atoms with Crippen molar-refractivity contribution < 1.29 is 36.6 Å². The smallest absolute Gasteiger partial charge is 0.389 e. The van der Waals surface area contributed by atoms with Crippen LogP contribution < -0.4 is 0 Å². The summed E-state index contributed by atoms with van der Waals surface area (Å²) in [6.45, 7) is 0.164. The van der Waals surface area contributed by atoms with Crippen LogP contribution >= 0.6 is 0 Å². The molecule has 0 bridgehead atoms. The quantitative estimate of drug-likeness (QED) is 0.675. The van der Waals surface area contributed by atoms with Crippen molar-refractivity contribution >= 4 is 0 Å². The molecule has 13 heavy (non-hydrogen) atoms. The number of aliphatic hydroxyl groups is 2. The van der Waals surface area contributed by atoms with Gasteiger partial charge in [-0.25, -0.2) is 4.39 Å². The Balaban J connectivity index is 5.22. The predicted molar refractivity (Wildman–Crippen MR) is 28.7 cm³/mol. The van der Waals surface area contributed by atoms with Crippen molar-refractivity contribution in [1.29, 1.82) is 0 Å². The molecule has 0 rings (SSSR count). The Bertz CT molecular complexity index is 166. The molecule has 80 valence electrons. The van der Waals surface area contributed by atoms with E-state index in [2.05, 4.69) is 0 Å². The fraction of sp³-hybridized carbons (Fsp3) is 1.00. The summed E-state index contributed by atoms with van der Waals surface area (Å²) in [5.74, 6) is 0. The zero-order chi connectivity index (χ0) is 11.1. The van der Waals surface area contributed by atoms with Crippen LogP contribution in [0.1, 0.15) is 6.92 Å². The highest BCUT2D eigenvalue weighted by Crippen LogP contribution is 2.46. The minimum atomic E-state index is -6.06. The maximum atomic E-state index is 12.6. The fourth-order valence-corrected chi connectivity index (χ4v) is 0.659. The lowest BCUT2D eigenvalue weighted by Gasteiger charge is -2.33. The lowest BCUT2D eigenvalue weighted by atomic mass is 9.98. The van der Waals surface area contributed by atoms with Gasteiger partial charge in [0.15, 0.2) is 0 Å². The van der Waals surface area contributed by atoms with E-state index in [4.69, 9.17) is 10.2 Å². The van der Waals surface area contributed by atoms with Crippen LogP contribution in [0, 0.1) is 0 Å². The van der Waals surface area contributed by atoms with Gasteiger partial charge in [0.2, 0.25) is 0 Å². The van der Waals surface area contributed by atoms with Gasteiger partial charge in [0.1, 0.15) is 6.10 Å². The van der Waals surface area contributed by atoms with Gasteiger partial charge in [0.05, 0.1) is 0 Å². The first-order valence-corrected chi connectivity index (χ1v) is 2.98. The number of hydrogen-bond acceptors (Lipinski definition) is 2. The molecular formula is C5H6F6O2. The van der Waals surface area contributed by atoms with E-state index in [0.717, 1.165) is 0 Å². The first-order valence-electron chi connectivity index (χ1n) is 2.98. The van der Waals surface area contributed by atoms with E-state index >= 15 is 0 Å². The van der Waals surface area contributed by atoms with Crippen LogP contribution in [-0.4, -0.2) is 34.3 Å². The molecule has 2 unspecified atom stereocenters. The zero-order valence-corrected chi connectivity index (χ0v) is 6.24. The second kappa shape index (κ2) is 3.02. The highest BCUT2D eigenvalue weighted by atomic mass is 19.4. The highest BCUT2D eigenvalue weighted by Gasteiger charge is 2.73. The Morgan fingerprint density at radius 2 is 1.31 bits per heavy atom. The zero-order valence-electron chi connectivity index (χ0n) is 6.24. The predicted octanol–water partition coefficient (Wildman–Crippen LogP) is 1.22. The van der Waals surface area contributed by atoms with Crippen LogP contribution in [0.3, 0.4) is 0 Å². The third-order valence-corrected chi connectivity index (χ3v) is 1.43. The molecule has 0 heterocycles. The molecule has 0 aromatic rings. The number of hydrogen-bond donors (Lipinski definition) is 2. The van der Waals surface area contributed by atoms with Gasteiger partial charge >= 0.3 is 18.0 Å². The van der Waals surface area contributed by atoms with E-state index < -0.39 is 24.1 Å². The second-order valence-electron chi connectivity index (χ2n) is 2.43. The molecule has 2 nitrogen and oxygen atoms in total. The molecule has 2 atom stereocenters. The largest absolute Gasteiger partial charge is 0.433 e. The molecule has 0 amide bonds. The summed E-state index contributed by atoms with van der Waals surface area (Å²) in [7, 11) is 0. The molecule has 0 aromatic carbocycles. The molecule has 0 saturated carbocycles. The minimum absolute atomic E-state index is 0.164. The highest BCUT2D eigenvalue weighted by molar-refractivity contribution is 4.98. The molecule has 0 aliphatic rings.